The summed E-state index contributed by atoms with van der Waals surface area (Å²) in [5, 5.41) is 19.2. The number of hydrogen-bond donors (Lipinski definition) is 1. The van der Waals surface area contributed by atoms with Crippen LogP contribution in [0.5, 0.6) is 5.75 Å². The highest BCUT2D eigenvalue weighted by Crippen LogP contribution is 2.27. The maximum atomic E-state index is 13.1. The molecule has 1 N–H and O–H groups in total. The maximum absolute atomic E-state index is 13.1. The molecule has 2 aromatic heterocycles. The summed E-state index contributed by atoms with van der Waals surface area (Å²) in [5.74, 6) is 1.68. The van der Waals surface area contributed by atoms with Crippen molar-refractivity contribution >= 4 is 23.4 Å². The Balaban J connectivity index is 1.23. The standard InChI is InChI=1S/C26H23N7O2S/c34-26(28-20-8-6-11-22(18-20)35-17-16-32-15-7-14-27-32)23-12-4-5-13-24(23)36-19-25-29-30-31-33(25)21-9-2-1-3-10-21/h1-15,18H,16-17,19H2,(H,28,34). The molecule has 5 rings (SSSR count). The molecule has 3 aromatic carbocycles. The summed E-state index contributed by atoms with van der Waals surface area (Å²) in [5.41, 5.74) is 2.12. The first-order chi connectivity index (χ1) is 17.8. The number of benzene rings is 3. The van der Waals surface area contributed by atoms with E-state index in [2.05, 4.69) is 25.9 Å². The van der Waals surface area contributed by atoms with E-state index in [1.54, 1.807) is 15.6 Å². The van der Waals surface area contributed by atoms with Gasteiger partial charge < -0.3 is 10.1 Å². The molecule has 0 fully saturated rings. The molecule has 10 heteroatoms. The number of rotatable bonds is 10. The molecular formula is C26H23N7O2S. The van der Waals surface area contributed by atoms with E-state index in [4.69, 9.17) is 4.74 Å². The molecule has 0 spiro atoms. The number of tetrazole rings is 1. The minimum Gasteiger partial charge on any atom is -0.492 e. The van der Waals surface area contributed by atoms with Crippen molar-refractivity contribution in [3.63, 3.8) is 0 Å². The monoisotopic (exact) mass is 497 g/mol. The van der Waals surface area contributed by atoms with Gasteiger partial charge in [0, 0.05) is 29.0 Å². The van der Waals surface area contributed by atoms with Crippen LogP contribution in [0.4, 0.5) is 5.69 Å². The zero-order valence-electron chi connectivity index (χ0n) is 19.3. The third-order valence-corrected chi connectivity index (χ3v) is 6.33. The van der Waals surface area contributed by atoms with E-state index in [1.165, 1.54) is 11.8 Å². The van der Waals surface area contributed by atoms with Gasteiger partial charge in [-0.05, 0) is 52.9 Å². The highest BCUT2D eigenvalue weighted by molar-refractivity contribution is 7.98. The first kappa shape index (κ1) is 23.3. The second kappa shape index (κ2) is 11.3. The van der Waals surface area contributed by atoms with Crippen LogP contribution in [0.1, 0.15) is 16.2 Å². The minimum absolute atomic E-state index is 0.200. The Bertz CT molecular complexity index is 1420. The molecule has 5 aromatic rings. The van der Waals surface area contributed by atoms with Crippen LogP contribution in [0.2, 0.25) is 0 Å². The summed E-state index contributed by atoms with van der Waals surface area (Å²) < 4.78 is 9.33. The second-order valence-electron chi connectivity index (χ2n) is 7.73. The van der Waals surface area contributed by atoms with Gasteiger partial charge in [-0.15, -0.1) is 16.9 Å². The van der Waals surface area contributed by atoms with Crippen molar-refractivity contribution in [2.75, 3.05) is 11.9 Å². The first-order valence-electron chi connectivity index (χ1n) is 11.3. The van der Waals surface area contributed by atoms with Gasteiger partial charge in [-0.25, -0.2) is 0 Å². The van der Waals surface area contributed by atoms with Crippen LogP contribution in [0.3, 0.4) is 0 Å². The van der Waals surface area contributed by atoms with Gasteiger partial charge in [-0.2, -0.15) is 9.78 Å². The SMILES string of the molecule is O=C(Nc1cccc(OCCn2cccn2)c1)c1ccccc1SCc1nnnn1-c1ccccc1. The molecular weight excluding hydrogens is 474 g/mol. The Labute approximate surface area is 212 Å². The van der Waals surface area contributed by atoms with E-state index in [0.29, 0.717) is 41.7 Å². The van der Waals surface area contributed by atoms with Crippen LogP contribution >= 0.6 is 11.8 Å². The molecule has 0 bridgehead atoms. The number of amides is 1. The van der Waals surface area contributed by atoms with Crippen molar-refractivity contribution in [3.05, 3.63) is 109 Å². The van der Waals surface area contributed by atoms with Crippen molar-refractivity contribution in [3.8, 4) is 11.4 Å². The third kappa shape index (κ3) is 5.78. The number of aromatic nitrogens is 6. The second-order valence-corrected chi connectivity index (χ2v) is 8.74. The fourth-order valence-corrected chi connectivity index (χ4v) is 4.50. The number of ether oxygens (including phenoxy) is 1. The van der Waals surface area contributed by atoms with Crippen LogP contribution in [0.15, 0.2) is 102 Å². The van der Waals surface area contributed by atoms with Gasteiger partial charge in [0.1, 0.15) is 12.4 Å². The molecule has 0 unspecified atom stereocenters. The molecule has 0 atom stereocenters. The van der Waals surface area contributed by atoms with Crippen molar-refractivity contribution in [1.82, 2.24) is 30.0 Å². The molecule has 9 nitrogen and oxygen atoms in total. The maximum Gasteiger partial charge on any atom is 0.256 e. The van der Waals surface area contributed by atoms with E-state index in [-0.39, 0.29) is 5.91 Å². The predicted octanol–water partition coefficient (Wildman–Crippen LogP) is 4.48. The molecule has 2 heterocycles. The number of nitrogens with zero attached hydrogens (tertiary/aromatic N) is 6. The zero-order chi connectivity index (χ0) is 24.6. The van der Waals surface area contributed by atoms with E-state index in [1.807, 2.05) is 91.1 Å². The van der Waals surface area contributed by atoms with E-state index in [0.717, 1.165) is 10.6 Å². The first-order valence-corrected chi connectivity index (χ1v) is 12.3. The number of para-hydroxylation sites is 1. The van der Waals surface area contributed by atoms with Crippen molar-refractivity contribution in [2.24, 2.45) is 0 Å². The van der Waals surface area contributed by atoms with E-state index < -0.39 is 0 Å². The summed E-state index contributed by atoms with van der Waals surface area (Å²) in [7, 11) is 0. The van der Waals surface area contributed by atoms with Gasteiger partial charge in [0.25, 0.3) is 5.91 Å². The number of hydrogen-bond acceptors (Lipinski definition) is 7. The molecule has 0 aliphatic rings. The van der Waals surface area contributed by atoms with Crippen LogP contribution in [-0.4, -0.2) is 42.5 Å². The Morgan fingerprint density at radius 2 is 1.83 bits per heavy atom. The number of nitrogens with one attached hydrogen (secondary N) is 1. The lowest BCUT2D eigenvalue weighted by Crippen LogP contribution is -2.13. The topological polar surface area (TPSA) is 99.8 Å². The quantitative estimate of drug-likeness (QED) is 0.284. The third-order valence-electron chi connectivity index (χ3n) is 5.26. The number of anilines is 1. The summed E-state index contributed by atoms with van der Waals surface area (Å²) in [4.78, 5) is 14.0. The van der Waals surface area contributed by atoms with Crippen molar-refractivity contribution in [2.45, 2.75) is 17.2 Å². The van der Waals surface area contributed by atoms with Crippen LogP contribution < -0.4 is 10.1 Å². The molecule has 36 heavy (non-hydrogen) atoms. The van der Waals surface area contributed by atoms with Crippen molar-refractivity contribution in [1.29, 1.82) is 0 Å². The van der Waals surface area contributed by atoms with E-state index in [9.17, 15) is 4.79 Å². The normalized spacial score (nSPS) is 10.8. The van der Waals surface area contributed by atoms with Gasteiger partial charge >= 0.3 is 0 Å². The molecule has 0 saturated carbocycles. The van der Waals surface area contributed by atoms with Gasteiger partial charge in [-0.3, -0.25) is 9.48 Å². The van der Waals surface area contributed by atoms with Crippen LogP contribution in [0.25, 0.3) is 5.69 Å². The molecule has 0 aliphatic carbocycles. The Hall–Kier alpha value is -4.44. The Morgan fingerprint density at radius 1 is 0.972 bits per heavy atom. The van der Waals surface area contributed by atoms with Gasteiger partial charge in [-0.1, -0.05) is 36.4 Å². The summed E-state index contributed by atoms with van der Waals surface area (Å²) in [6.45, 7) is 1.11. The molecule has 180 valence electrons. The minimum atomic E-state index is -0.200. The number of carbonyl (C=O) groups is 1. The number of carbonyl (C=O) groups excluding carboxylic acids is 1. The lowest BCUT2D eigenvalue weighted by Gasteiger charge is -2.12. The van der Waals surface area contributed by atoms with Gasteiger partial charge in [0.05, 0.1) is 23.5 Å². The largest absolute Gasteiger partial charge is 0.492 e. The van der Waals surface area contributed by atoms with E-state index >= 15 is 0 Å². The molecule has 0 aliphatic heterocycles. The van der Waals surface area contributed by atoms with Crippen LogP contribution in [-0.2, 0) is 12.3 Å². The highest BCUT2D eigenvalue weighted by Gasteiger charge is 2.15. The lowest BCUT2D eigenvalue weighted by molar-refractivity contribution is 0.102. The zero-order valence-corrected chi connectivity index (χ0v) is 20.1. The molecule has 0 saturated heterocycles. The summed E-state index contributed by atoms with van der Waals surface area (Å²) in [6, 6.07) is 26.4. The number of thioether (sulfide) groups is 1. The smallest absolute Gasteiger partial charge is 0.256 e. The van der Waals surface area contributed by atoms with Crippen LogP contribution in [0, 0.1) is 0 Å². The molecule has 0 radical (unpaired) electrons. The summed E-state index contributed by atoms with van der Waals surface area (Å²) >= 11 is 1.51. The molecule has 1 amide bonds. The lowest BCUT2D eigenvalue weighted by atomic mass is 10.2. The fraction of sp³-hybridized carbons (Fsp3) is 0.115. The Morgan fingerprint density at radius 3 is 2.69 bits per heavy atom. The summed E-state index contributed by atoms with van der Waals surface area (Å²) in [6.07, 6.45) is 3.62. The van der Waals surface area contributed by atoms with Gasteiger partial charge in [0.15, 0.2) is 5.82 Å². The average molecular weight is 498 g/mol. The van der Waals surface area contributed by atoms with Crippen molar-refractivity contribution < 1.29 is 9.53 Å². The average Bonchev–Trinajstić information content (AvgIpc) is 3.61. The predicted molar refractivity (Wildman–Crippen MR) is 137 cm³/mol. The van der Waals surface area contributed by atoms with Gasteiger partial charge in [0.2, 0.25) is 0 Å². The fourth-order valence-electron chi connectivity index (χ4n) is 3.54. The Kier molecular flexibility index (Phi) is 7.33. The highest BCUT2D eigenvalue weighted by atomic mass is 32.2.